The Morgan fingerprint density at radius 1 is 1.11 bits per heavy atom. The lowest BCUT2D eigenvalue weighted by molar-refractivity contribution is 0.185. The summed E-state index contributed by atoms with van der Waals surface area (Å²) in [6.45, 7) is 6.29. The van der Waals surface area contributed by atoms with Crippen LogP contribution in [0.5, 0.6) is 11.5 Å². The van der Waals surface area contributed by atoms with Gasteiger partial charge in [-0.25, -0.2) is 4.79 Å². The first-order valence-corrected chi connectivity index (χ1v) is 12.0. The SMILES string of the molecule is COc1c(N2CC([C@@H](N)COc3ccccc3)C(C)(C)C2)ccc2c(=O)n(N)c(=O)n(C3CC3)c12. The van der Waals surface area contributed by atoms with Crippen molar-refractivity contribution in [3.8, 4) is 11.5 Å². The van der Waals surface area contributed by atoms with Crippen molar-refractivity contribution < 1.29 is 9.47 Å². The first kappa shape index (κ1) is 23.3. The number of hydrogen-bond acceptors (Lipinski definition) is 7. The largest absolute Gasteiger partial charge is 0.492 e. The van der Waals surface area contributed by atoms with E-state index in [1.165, 1.54) is 0 Å². The van der Waals surface area contributed by atoms with Crippen molar-refractivity contribution in [2.75, 3.05) is 37.5 Å². The molecule has 1 saturated heterocycles. The fourth-order valence-electron chi connectivity index (χ4n) is 5.40. The molecule has 0 bridgehead atoms. The molecule has 1 unspecified atom stereocenters. The predicted octanol–water partition coefficient (Wildman–Crippen LogP) is 2.09. The van der Waals surface area contributed by atoms with E-state index in [0.717, 1.165) is 30.8 Å². The molecule has 0 spiro atoms. The number of rotatable bonds is 7. The summed E-state index contributed by atoms with van der Waals surface area (Å²) in [6, 6.07) is 13.2. The fraction of sp³-hybridized carbons (Fsp3) is 0.462. The molecule has 5 rings (SSSR count). The van der Waals surface area contributed by atoms with Crippen LogP contribution in [0.3, 0.4) is 0 Å². The van der Waals surface area contributed by atoms with Gasteiger partial charge in [-0.15, -0.1) is 0 Å². The number of nitrogen functional groups attached to an aromatic ring is 1. The first-order valence-electron chi connectivity index (χ1n) is 12.0. The van der Waals surface area contributed by atoms with Gasteiger partial charge in [-0.2, -0.15) is 4.68 Å². The van der Waals surface area contributed by atoms with Gasteiger partial charge in [0.05, 0.1) is 18.2 Å². The lowest BCUT2D eigenvalue weighted by Crippen LogP contribution is -2.44. The lowest BCUT2D eigenvalue weighted by atomic mass is 9.78. The third-order valence-corrected chi connectivity index (χ3v) is 7.39. The van der Waals surface area contributed by atoms with E-state index in [0.29, 0.717) is 34.5 Å². The van der Waals surface area contributed by atoms with Gasteiger partial charge in [0.2, 0.25) is 0 Å². The molecule has 2 fully saturated rings. The molecule has 9 heteroatoms. The van der Waals surface area contributed by atoms with Gasteiger partial charge in [0.1, 0.15) is 17.9 Å². The van der Waals surface area contributed by atoms with E-state index in [2.05, 4.69) is 18.7 Å². The monoisotopic (exact) mass is 479 g/mol. The smallest absolute Gasteiger partial charge is 0.350 e. The maximum absolute atomic E-state index is 12.9. The minimum absolute atomic E-state index is 0.0240. The van der Waals surface area contributed by atoms with Crippen molar-refractivity contribution in [1.82, 2.24) is 9.24 Å². The van der Waals surface area contributed by atoms with E-state index < -0.39 is 11.2 Å². The zero-order chi connectivity index (χ0) is 24.9. The topological polar surface area (TPSA) is 118 Å². The second kappa shape index (κ2) is 8.64. The lowest BCUT2D eigenvalue weighted by Gasteiger charge is -2.30. The molecule has 3 aromatic rings. The van der Waals surface area contributed by atoms with E-state index in [9.17, 15) is 9.59 Å². The molecular formula is C26H33N5O4. The van der Waals surface area contributed by atoms with Crippen molar-refractivity contribution in [2.24, 2.45) is 17.1 Å². The first-order chi connectivity index (χ1) is 16.7. The molecule has 2 atom stereocenters. The average molecular weight is 480 g/mol. The summed E-state index contributed by atoms with van der Waals surface area (Å²) < 4.78 is 14.1. The van der Waals surface area contributed by atoms with Crippen LogP contribution in [-0.2, 0) is 0 Å². The van der Waals surface area contributed by atoms with Crippen LogP contribution in [0.15, 0.2) is 52.1 Å². The van der Waals surface area contributed by atoms with Gasteiger partial charge in [-0.3, -0.25) is 9.36 Å². The van der Waals surface area contributed by atoms with Gasteiger partial charge < -0.3 is 25.9 Å². The number of nitrogens with two attached hydrogens (primary N) is 2. The van der Waals surface area contributed by atoms with Crippen molar-refractivity contribution in [3.05, 3.63) is 63.3 Å². The molecule has 0 amide bonds. The molecule has 1 aliphatic heterocycles. The van der Waals surface area contributed by atoms with Crippen LogP contribution in [-0.4, -0.2) is 42.1 Å². The normalized spacial score (nSPS) is 20.2. The standard InChI is InChI=1S/C26H33N5O4/c1-26(2)15-29(13-19(26)20(27)14-35-17-7-5-4-6-8-17)21-12-11-18-22(23(21)34-3)30(16-9-10-16)25(33)31(28)24(18)32/h4-8,11-12,16,19-20H,9-10,13-15,27-28H2,1-3H3/t19?,20-/m0/s1. The summed E-state index contributed by atoms with van der Waals surface area (Å²) in [6.07, 6.45) is 1.74. The van der Waals surface area contributed by atoms with E-state index in [1.807, 2.05) is 36.4 Å². The van der Waals surface area contributed by atoms with Crippen molar-refractivity contribution >= 4 is 16.6 Å². The molecule has 186 valence electrons. The third-order valence-electron chi connectivity index (χ3n) is 7.39. The zero-order valence-electron chi connectivity index (χ0n) is 20.4. The molecule has 1 aliphatic carbocycles. The van der Waals surface area contributed by atoms with Gasteiger partial charge >= 0.3 is 5.69 Å². The number of nitrogens with zero attached hydrogens (tertiary/aromatic N) is 3. The summed E-state index contributed by atoms with van der Waals surface area (Å²) in [7, 11) is 1.58. The Morgan fingerprint density at radius 2 is 1.83 bits per heavy atom. The molecular weight excluding hydrogens is 446 g/mol. The maximum atomic E-state index is 12.9. The summed E-state index contributed by atoms with van der Waals surface area (Å²) >= 11 is 0. The van der Waals surface area contributed by atoms with Crippen molar-refractivity contribution in [2.45, 2.75) is 38.8 Å². The Bertz CT molecular complexity index is 1360. The predicted molar refractivity (Wildman–Crippen MR) is 137 cm³/mol. The highest BCUT2D eigenvalue weighted by molar-refractivity contribution is 5.91. The number of para-hydroxylation sites is 1. The van der Waals surface area contributed by atoms with Crippen LogP contribution >= 0.6 is 0 Å². The number of methoxy groups -OCH3 is 1. The summed E-state index contributed by atoms with van der Waals surface area (Å²) in [5.74, 6) is 7.30. The molecule has 0 radical (unpaired) electrons. The number of anilines is 1. The van der Waals surface area contributed by atoms with Crippen LogP contribution in [0.4, 0.5) is 5.69 Å². The number of ether oxygens (including phenoxy) is 2. The quantitative estimate of drug-likeness (QED) is 0.498. The Labute approximate surface area is 203 Å². The molecule has 4 N–H and O–H groups in total. The Morgan fingerprint density at radius 3 is 2.49 bits per heavy atom. The number of aromatic nitrogens is 2. The molecule has 1 saturated carbocycles. The molecule has 35 heavy (non-hydrogen) atoms. The summed E-state index contributed by atoms with van der Waals surface area (Å²) in [5.41, 5.74) is 6.88. The Balaban J connectivity index is 1.50. The highest BCUT2D eigenvalue weighted by atomic mass is 16.5. The van der Waals surface area contributed by atoms with E-state index in [4.69, 9.17) is 21.1 Å². The zero-order valence-corrected chi connectivity index (χ0v) is 20.4. The highest BCUT2D eigenvalue weighted by Gasteiger charge is 2.44. The van der Waals surface area contributed by atoms with Crippen LogP contribution in [0.25, 0.3) is 10.9 Å². The minimum atomic E-state index is -0.522. The summed E-state index contributed by atoms with van der Waals surface area (Å²) in [5, 5.41) is 0.377. The second-order valence-corrected chi connectivity index (χ2v) is 10.3. The van der Waals surface area contributed by atoms with Crippen molar-refractivity contribution in [3.63, 3.8) is 0 Å². The van der Waals surface area contributed by atoms with Crippen LogP contribution in [0.2, 0.25) is 0 Å². The maximum Gasteiger partial charge on any atom is 0.350 e. The molecule has 1 aromatic heterocycles. The molecule has 9 nitrogen and oxygen atoms in total. The van der Waals surface area contributed by atoms with Gasteiger partial charge in [0, 0.05) is 31.1 Å². The van der Waals surface area contributed by atoms with Crippen LogP contribution in [0.1, 0.15) is 32.7 Å². The molecule has 2 aromatic carbocycles. The average Bonchev–Trinajstić information content (AvgIpc) is 3.63. The van der Waals surface area contributed by atoms with E-state index in [1.54, 1.807) is 17.7 Å². The Hall–Kier alpha value is -3.46. The van der Waals surface area contributed by atoms with Gasteiger partial charge in [0.25, 0.3) is 5.56 Å². The van der Waals surface area contributed by atoms with Crippen molar-refractivity contribution in [1.29, 1.82) is 0 Å². The second-order valence-electron chi connectivity index (χ2n) is 10.3. The molecule has 2 aliphatic rings. The van der Waals surface area contributed by atoms with Crippen LogP contribution < -0.4 is 37.2 Å². The fourth-order valence-corrected chi connectivity index (χ4v) is 5.40. The van der Waals surface area contributed by atoms with Gasteiger partial charge in [-0.05, 0) is 42.5 Å². The van der Waals surface area contributed by atoms with E-state index >= 15 is 0 Å². The highest BCUT2D eigenvalue weighted by Crippen LogP contribution is 2.45. The van der Waals surface area contributed by atoms with Gasteiger partial charge in [-0.1, -0.05) is 32.0 Å². The number of fused-ring (bicyclic) bond motifs is 1. The number of benzene rings is 2. The Kier molecular flexibility index (Phi) is 5.75. The summed E-state index contributed by atoms with van der Waals surface area (Å²) in [4.78, 5) is 28.0. The third kappa shape index (κ3) is 4.03. The van der Waals surface area contributed by atoms with E-state index in [-0.39, 0.29) is 23.4 Å². The van der Waals surface area contributed by atoms with Crippen LogP contribution in [0, 0.1) is 11.3 Å². The number of hydrogen-bond donors (Lipinski definition) is 2. The minimum Gasteiger partial charge on any atom is -0.492 e. The van der Waals surface area contributed by atoms with Gasteiger partial charge in [0.15, 0.2) is 5.75 Å². The molecule has 2 heterocycles.